The van der Waals surface area contributed by atoms with Crippen molar-refractivity contribution in [1.29, 1.82) is 0 Å². The molecule has 3 rings (SSSR count). The first-order chi connectivity index (χ1) is 9.24. The molecule has 0 saturated carbocycles. The molecule has 1 aromatic heterocycles. The number of hydrogen-bond acceptors (Lipinski definition) is 4. The number of nitrogens with zero attached hydrogens (tertiary/aromatic N) is 4. The monoisotopic (exact) mass is 257 g/mol. The van der Waals surface area contributed by atoms with Gasteiger partial charge >= 0.3 is 0 Å². The van der Waals surface area contributed by atoms with Crippen LogP contribution in [-0.4, -0.2) is 32.8 Å². The lowest BCUT2D eigenvalue weighted by Gasteiger charge is -2.12. The van der Waals surface area contributed by atoms with Gasteiger partial charge in [-0.2, -0.15) is 4.68 Å². The van der Waals surface area contributed by atoms with Gasteiger partial charge in [0.05, 0.1) is 5.69 Å². The minimum absolute atomic E-state index is 0.509. The van der Waals surface area contributed by atoms with E-state index in [0.29, 0.717) is 6.04 Å². The molecule has 0 amide bonds. The summed E-state index contributed by atoms with van der Waals surface area (Å²) in [5.41, 5.74) is 3.50. The van der Waals surface area contributed by atoms with Gasteiger partial charge in [-0.1, -0.05) is 12.1 Å². The fourth-order valence-corrected chi connectivity index (χ4v) is 2.62. The zero-order valence-corrected chi connectivity index (χ0v) is 11.4. The predicted molar refractivity (Wildman–Crippen MR) is 73.4 cm³/mol. The van der Waals surface area contributed by atoms with Gasteiger partial charge in [0.2, 0.25) is 0 Å². The van der Waals surface area contributed by atoms with Crippen LogP contribution in [-0.2, 0) is 6.42 Å². The Hall–Kier alpha value is -1.75. The Labute approximate surface area is 113 Å². The summed E-state index contributed by atoms with van der Waals surface area (Å²) in [5, 5.41) is 15.7. The Morgan fingerprint density at radius 1 is 1.37 bits per heavy atom. The molecule has 19 heavy (non-hydrogen) atoms. The lowest BCUT2D eigenvalue weighted by atomic mass is 10.1. The maximum Gasteiger partial charge on any atom is 0.158 e. The van der Waals surface area contributed by atoms with E-state index in [1.54, 1.807) is 0 Å². The average molecular weight is 257 g/mol. The Bertz CT molecular complexity index is 569. The summed E-state index contributed by atoms with van der Waals surface area (Å²) in [6, 6.07) is 6.87. The van der Waals surface area contributed by atoms with Crippen molar-refractivity contribution in [3.05, 3.63) is 35.2 Å². The zero-order chi connectivity index (χ0) is 13.2. The SMILES string of the molecule is Cc1ccc(C)c(-n2nnnc2CC2CCCN2)c1. The van der Waals surface area contributed by atoms with Crippen LogP contribution in [0.2, 0.25) is 0 Å². The number of aromatic nitrogens is 4. The van der Waals surface area contributed by atoms with Crippen molar-refractivity contribution in [2.24, 2.45) is 0 Å². The van der Waals surface area contributed by atoms with Gasteiger partial charge in [0.1, 0.15) is 0 Å². The molecular formula is C14H19N5. The summed E-state index contributed by atoms with van der Waals surface area (Å²) >= 11 is 0. The molecule has 1 atom stereocenters. The second-order valence-electron chi connectivity index (χ2n) is 5.29. The molecule has 2 aromatic rings. The molecule has 1 aromatic carbocycles. The third kappa shape index (κ3) is 2.51. The molecule has 1 fully saturated rings. The topological polar surface area (TPSA) is 55.6 Å². The number of benzene rings is 1. The van der Waals surface area contributed by atoms with Crippen molar-refractivity contribution in [1.82, 2.24) is 25.5 Å². The smallest absolute Gasteiger partial charge is 0.158 e. The van der Waals surface area contributed by atoms with E-state index in [4.69, 9.17) is 0 Å². The first-order valence-electron chi connectivity index (χ1n) is 6.82. The minimum Gasteiger partial charge on any atom is -0.314 e. The van der Waals surface area contributed by atoms with E-state index in [-0.39, 0.29) is 0 Å². The maximum absolute atomic E-state index is 4.19. The van der Waals surface area contributed by atoms with Crippen molar-refractivity contribution >= 4 is 0 Å². The van der Waals surface area contributed by atoms with Crippen LogP contribution in [0.3, 0.4) is 0 Å². The molecule has 1 N–H and O–H groups in total. The van der Waals surface area contributed by atoms with Crippen LogP contribution in [0.5, 0.6) is 0 Å². The average Bonchev–Trinajstić information content (AvgIpc) is 3.04. The van der Waals surface area contributed by atoms with E-state index in [2.05, 4.69) is 52.9 Å². The lowest BCUT2D eigenvalue weighted by molar-refractivity contribution is 0.575. The number of nitrogens with one attached hydrogen (secondary N) is 1. The van der Waals surface area contributed by atoms with Crippen LogP contribution in [0.25, 0.3) is 5.69 Å². The fraction of sp³-hybridized carbons (Fsp3) is 0.500. The normalized spacial score (nSPS) is 18.9. The summed E-state index contributed by atoms with van der Waals surface area (Å²) < 4.78 is 1.88. The van der Waals surface area contributed by atoms with E-state index in [0.717, 1.165) is 24.5 Å². The summed E-state index contributed by atoms with van der Waals surface area (Å²) in [5.74, 6) is 0.938. The molecule has 1 aliphatic rings. The molecule has 2 heterocycles. The van der Waals surface area contributed by atoms with E-state index < -0.39 is 0 Å². The van der Waals surface area contributed by atoms with Gasteiger partial charge in [-0.3, -0.25) is 0 Å². The van der Waals surface area contributed by atoms with Crippen molar-refractivity contribution in [3.8, 4) is 5.69 Å². The number of hydrogen-bond donors (Lipinski definition) is 1. The van der Waals surface area contributed by atoms with Crippen LogP contribution in [0.4, 0.5) is 0 Å². The largest absolute Gasteiger partial charge is 0.314 e. The zero-order valence-electron chi connectivity index (χ0n) is 11.4. The van der Waals surface area contributed by atoms with E-state index >= 15 is 0 Å². The fourth-order valence-electron chi connectivity index (χ4n) is 2.62. The van der Waals surface area contributed by atoms with Gasteiger partial charge in [0.15, 0.2) is 5.82 Å². The van der Waals surface area contributed by atoms with Crippen molar-refractivity contribution in [2.45, 2.75) is 39.2 Å². The van der Waals surface area contributed by atoms with E-state index in [1.165, 1.54) is 24.0 Å². The second-order valence-corrected chi connectivity index (χ2v) is 5.29. The highest BCUT2D eigenvalue weighted by Gasteiger charge is 2.19. The van der Waals surface area contributed by atoms with E-state index in [9.17, 15) is 0 Å². The Kier molecular flexibility index (Phi) is 3.29. The van der Waals surface area contributed by atoms with Gasteiger partial charge in [0, 0.05) is 12.5 Å². The molecule has 1 aliphatic heterocycles. The predicted octanol–water partition coefficient (Wildman–Crippen LogP) is 1.57. The Balaban J connectivity index is 1.92. The van der Waals surface area contributed by atoms with Crippen LogP contribution in [0.1, 0.15) is 29.8 Å². The van der Waals surface area contributed by atoms with Gasteiger partial charge in [0.25, 0.3) is 0 Å². The van der Waals surface area contributed by atoms with Crippen LogP contribution >= 0.6 is 0 Å². The molecule has 0 aliphatic carbocycles. The lowest BCUT2D eigenvalue weighted by Crippen LogP contribution is -2.25. The van der Waals surface area contributed by atoms with Crippen LogP contribution < -0.4 is 5.32 Å². The van der Waals surface area contributed by atoms with Gasteiger partial charge in [-0.15, -0.1) is 5.10 Å². The third-order valence-electron chi connectivity index (χ3n) is 3.72. The molecule has 1 unspecified atom stereocenters. The highest BCUT2D eigenvalue weighted by molar-refractivity contribution is 5.42. The highest BCUT2D eigenvalue weighted by Crippen LogP contribution is 2.17. The van der Waals surface area contributed by atoms with Crippen LogP contribution in [0, 0.1) is 13.8 Å². The molecule has 5 nitrogen and oxygen atoms in total. The first kappa shape index (κ1) is 12.3. The summed E-state index contributed by atoms with van der Waals surface area (Å²) in [6.07, 6.45) is 3.34. The number of tetrazole rings is 1. The summed E-state index contributed by atoms with van der Waals surface area (Å²) in [6.45, 7) is 5.29. The molecular weight excluding hydrogens is 238 g/mol. The summed E-state index contributed by atoms with van der Waals surface area (Å²) in [7, 11) is 0. The minimum atomic E-state index is 0.509. The third-order valence-corrected chi connectivity index (χ3v) is 3.72. The Morgan fingerprint density at radius 3 is 3.05 bits per heavy atom. The molecule has 0 spiro atoms. The molecule has 5 heteroatoms. The molecule has 1 saturated heterocycles. The molecule has 0 bridgehead atoms. The maximum atomic E-state index is 4.19. The standard InChI is InChI=1S/C14H19N5/c1-10-5-6-11(2)13(8-10)19-14(16-17-18-19)9-12-4-3-7-15-12/h5-6,8,12,15H,3-4,7,9H2,1-2H3. The first-order valence-corrected chi connectivity index (χ1v) is 6.82. The van der Waals surface area contributed by atoms with Crippen molar-refractivity contribution < 1.29 is 0 Å². The second kappa shape index (κ2) is 5.09. The quantitative estimate of drug-likeness (QED) is 0.907. The number of aryl methyl sites for hydroxylation is 2. The molecule has 100 valence electrons. The van der Waals surface area contributed by atoms with Gasteiger partial charge in [-0.25, -0.2) is 0 Å². The van der Waals surface area contributed by atoms with Gasteiger partial charge in [-0.05, 0) is 60.9 Å². The highest BCUT2D eigenvalue weighted by atomic mass is 15.5. The van der Waals surface area contributed by atoms with Crippen LogP contribution in [0.15, 0.2) is 18.2 Å². The van der Waals surface area contributed by atoms with Gasteiger partial charge < -0.3 is 5.32 Å². The molecule has 0 radical (unpaired) electrons. The van der Waals surface area contributed by atoms with Crippen molar-refractivity contribution in [3.63, 3.8) is 0 Å². The van der Waals surface area contributed by atoms with Crippen molar-refractivity contribution in [2.75, 3.05) is 6.54 Å². The Morgan fingerprint density at radius 2 is 2.26 bits per heavy atom. The number of rotatable bonds is 3. The van der Waals surface area contributed by atoms with E-state index in [1.807, 2.05) is 4.68 Å². The summed E-state index contributed by atoms with van der Waals surface area (Å²) in [4.78, 5) is 0.